The van der Waals surface area contributed by atoms with Crippen LogP contribution >= 0.6 is 0 Å². The van der Waals surface area contributed by atoms with E-state index in [0.717, 1.165) is 12.0 Å². The highest BCUT2D eigenvalue weighted by Gasteiger charge is 2.03. The van der Waals surface area contributed by atoms with Crippen molar-refractivity contribution in [2.75, 3.05) is 19.0 Å². The lowest BCUT2D eigenvalue weighted by Gasteiger charge is -2.13. The lowest BCUT2D eigenvalue weighted by Crippen LogP contribution is -2.10. The predicted octanol–water partition coefficient (Wildman–Crippen LogP) is 2.45. The van der Waals surface area contributed by atoms with Crippen LogP contribution in [-0.2, 0) is 6.42 Å². The molecular formula is C10H14FN. The smallest absolute Gasteiger partial charge is 0.146 e. The maximum atomic E-state index is 13.2. The second kappa shape index (κ2) is 3.57. The molecule has 1 rings (SSSR count). The third kappa shape index (κ3) is 1.76. The van der Waals surface area contributed by atoms with Crippen LogP contribution in [0.2, 0.25) is 0 Å². The lowest BCUT2D eigenvalue weighted by molar-refractivity contribution is 0.624. The van der Waals surface area contributed by atoms with E-state index in [-0.39, 0.29) is 5.82 Å². The summed E-state index contributed by atoms with van der Waals surface area (Å²) in [5.74, 6) is -0.139. The molecule has 2 heteroatoms. The minimum Gasteiger partial charge on any atom is -0.375 e. The van der Waals surface area contributed by atoms with E-state index in [0.29, 0.717) is 5.69 Å². The van der Waals surface area contributed by atoms with Gasteiger partial charge in [-0.3, -0.25) is 0 Å². The van der Waals surface area contributed by atoms with Crippen molar-refractivity contribution >= 4 is 5.69 Å². The summed E-state index contributed by atoms with van der Waals surface area (Å²) >= 11 is 0. The van der Waals surface area contributed by atoms with Gasteiger partial charge in [-0.05, 0) is 24.1 Å². The fourth-order valence-electron chi connectivity index (χ4n) is 1.13. The van der Waals surface area contributed by atoms with E-state index < -0.39 is 0 Å². The molecule has 0 heterocycles. The molecular weight excluding hydrogens is 153 g/mol. The first-order valence-corrected chi connectivity index (χ1v) is 4.11. The molecule has 0 N–H and O–H groups in total. The molecule has 0 aromatic heterocycles. The second-order valence-electron chi connectivity index (χ2n) is 3.03. The maximum Gasteiger partial charge on any atom is 0.146 e. The van der Waals surface area contributed by atoms with Gasteiger partial charge in [-0.25, -0.2) is 4.39 Å². The Morgan fingerprint density at radius 2 is 2.00 bits per heavy atom. The van der Waals surface area contributed by atoms with E-state index in [9.17, 15) is 4.39 Å². The van der Waals surface area contributed by atoms with Crippen molar-refractivity contribution in [3.63, 3.8) is 0 Å². The number of nitrogens with zero attached hydrogens (tertiary/aromatic N) is 1. The van der Waals surface area contributed by atoms with Crippen LogP contribution in [0.15, 0.2) is 18.2 Å². The topological polar surface area (TPSA) is 3.24 Å². The fourth-order valence-corrected chi connectivity index (χ4v) is 1.13. The molecule has 12 heavy (non-hydrogen) atoms. The molecule has 0 saturated heterocycles. The molecule has 1 aromatic carbocycles. The number of hydrogen-bond acceptors (Lipinski definition) is 1. The van der Waals surface area contributed by atoms with Crippen LogP contribution in [0.1, 0.15) is 12.5 Å². The molecule has 0 unspecified atom stereocenters. The van der Waals surface area contributed by atoms with E-state index in [1.807, 2.05) is 33.2 Å². The summed E-state index contributed by atoms with van der Waals surface area (Å²) in [5.41, 5.74) is 1.69. The van der Waals surface area contributed by atoms with Gasteiger partial charge in [-0.15, -0.1) is 0 Å². The van der Waals surface area contributed by atoms with Crippen LogP contribution in [0.5, 0.6) is 0 Å². The first-order valence-electron chi connectivity index (χ1n) is 4.11. The van der Waals surface area contributed by atoms with Crippen molar-refractivity contribution in [2.45, 2.75) is 13.3 Å². The third-order valence-electron chi connectivity index (χ3n) is 1.90. The van der Waals surface area contributed by atoms with Crippen LogP contribution in [0, 0.1) is 5.82 Å². The van der Waals surface area contributed by atoms with Gasteiger partial charge in [0, 0.05) is 14.1 Å². The summed E-state index contributed by atoms with van der Waals surface area (Å²) in [5, 5.41) is 0. The van der Waals surface area contributed by atoms with Crippen molar-refractivity contribution in [1.82, 2.24) is 0 Å². The van der Waals surface area contributed by atoms with Crippen molar-refractivity contribution < 1.29 is 4.39 Å². The summed E-state index contributed by atoms with van der Waals surface area (Å²) < 4.78 is 13.2. The predicted molar refractivity (Wildman–Crippen MR) is 50.1 cm³/mol. The Morgan fingerprint density at radius 3 is 2.42 bits per heavy atom. The van der Waals surface area contributed by atoms with Crippen LogP contribution in [0.25, 0.3) is 0 Å². The molecule has 0 aliphatic heterocycles. The summed E-state index contributed by atoms with van der Waals surface area (Å²) in [6.45, 7) is 2.02. The van der Waals surface area contributed by atoms with Crippen LogP contribution in [0.3, 0.4) is 0 Å². The van der Waals surface area contributed by atoms with Crippen molar-refractivity contribution in [1.29, 1.82) is 0 Å². The number of halogens is 1. The minimum atomic E-state index is -0.139. The number of rotatable bonds is 2. The molecule has 0 bridgehead atoms. The average Bonchev–Trinajstić information content (AvgIpc) is 2.03. The summed E-state index contributed by atoms with van der Waals surface area (Å²) in [6, 6.07) is 5.36. The molecule has 66 valence electrons. The molecule has 0 radical (unpaired) electrons. The Labute approximate surface area is 72.8 Å². The fraction of sp³-hybridized carbons (Fsp3) is 0.400. The molecule has 0 saturated carbocycles. The van der Waals surface area contributed by atoms with Gasteiger partial charge in [0.25, 0.3) is 0 Å². The van der Waals surface area contributed by atoms with Crippen molar-refractivity contribution in [2.24, 2.45) is 0 Å². The normalized spacial score (nSPS) is 10.0. The average molecular weight is 167 g/mol. The van der Waals surface area contributed by atoms with Gasteiger partial charge in [-0.1, -0.05) is 13.0 Å². The standard InChI is InChI=1S/C10H14FN/c1-4-8-5-6-10(12(2)3)9(11)7-8/h5-7H,4H2,1-3H3. The Kier molecular flexibility index (Phi) is 2.69. The van der Waals surface area contributed by atoms with Crippen molar-refractivity contribution in [3.05, 3.63) is 29.6 Å². The number of aryl methyl sites for hydroxylation is 1. The Bertz CT molecular complexity index is 269. The van der Waals surface area contributed by atoms with E-state index in [2.05, 4.69) is 0 Å². The monoisotopic (exact) mass is 167 g/mol. The van der Waals surface area contributed by atoms with E-state index in [4.69, 9.17) is 0 Å². The van der Waals surface area contributed by atoms with Gasteiger partial charge in [0.1, 0.15) is 5.82 Å². The molecule has 0 aliphatic rings. The van der Waals surface area contributed by atoms with E-state index in [1.165, 1.54) is 0 Å². The van der Waals surface area contributed by atoms with Gasteiger partial charge in [-0.2, -0.15) is 0 Å². The molecule has 0 fully saturated rings. The van der Waals surface area contributed by atoms with Gasteiger partial charge in [0.2, 0.25) is 0 Å². The molecule has 1 nitrogen and oxygen atoms in total. The third-order valence-corrected chi connectivity index (χ3v) is 1.90. The first-order chi connectivity index (χ1) is 5.65. The van der Waals surface area contributed by atoms with Gasteiger partial charge >= 0.3 is 0 Å². The quantitative estimate of drug-likeness (QED) is 0.654. The van der Waals surface area contributed by atoms with E-state index >= 15 is 0 Å². The molecule has 0 amide bonds. The van der Waals surface area contributed by atoms with Crippen LogP contribution in [0.4, 0.5) is 10.1 Å². The second-order valence-corrected chi connectivity index (χ2v) is 3.03. The zero-order chi connectivity index (χ0) is 9.14. The van der Waals surface area contributed by atoms with Crippen molar-refractivity contribution in [3.8, 4) is 0 Å². The Morgan fingerprint density at radius 1 is 1.33 bits per heavy atom. The number of anilines is 1. The highest BCUT2D eigenvalue weighted by molar-refractivity contribution is 5.47. The zero-order valence-corrected chi connectivity index (χ0v) is 7.76. The van der Waals surface area contributed by atoms with Gasteiger partial charge in [0.15, 0.2) is 0 Å². The SMILES string of the molecule is CCc1ccc(N(C)C)c(F)c1. The molecule has 0 atom stereocenters. The summed E-state index contributed by atoms with van der Waals surface area (Å²) in [4.78, 5) is 1.77. The first kappa shape index (κ1) is 9.04. The van der Waals surface area contributed by atoms with Crippen LogP contribution < -0.4 is 4.90 Å². The summed E-state index contributed by atoms with van der Waals surface area (Å²) in [6.07, 6.45) is 0.880. The van der Waals surface area contributed by atoms with E-state index in [1.54, 1.807) is 11.0 Å². The molecule has 0 aliphatic carbocycles. The number of benzene rings is 1. The largest absolute Gasteiger partial charge is 0.375 e. The highest BCUT2D eigenvalue weighted by atomic mass is 19.1. The van der Waals surface area contributed by atoms with Gasteiger partial charge < -0.3 is 4.90 Å². The molecule has 1 aromatic rings. The Hall–Kier alpha value is -1.05. The Balaban J connectivity index is 3.03. The van der Waals surface area contributed by atoms with Crippen LogP contribution in [-0.4, -0.2) is 14.1 Å². The summed E-state index contributed by atoms with van der Waals surface area (Å²) in [7, 11) is 3.67. The lowest BCUT2D eigenvalue weighted by atomic mass is 10.1. The molecule has 0 spiro atoms. The number of hydrogen-bond donors (Lipinski definition) is 0. The zero-order valence-electron chi connectivity index (χ0n) is 7.76. The maximum absolute atomic E-state index is 13.2. The minimum absolute atomic E-state index is 0.139. The highest BCUT2D eigenvalue weighted by Crippen LogP contribution is 2.18. The van der Waals surface area contributed by atoms with Gasteiger partial charge in [0.05, 0.1) is 5.69 Å².